The molecule has 0 aromatic rings. The number of amides is 1. The first kappa shape index (κ1) is 17.7. The van der Waals surface area contributed by atoms with E-state index in [1.165, 1.54) is 7.11 Å². The number of esters is 1. The van der Waals surface area contributed by atoms with Crippen molar-refractivity contribution in [3.63, 3.8) is 0 Å². The molecule has 1 atom stereocenters. The second-order valence-corrected chi connectivity index (χ2v) is 5.52. The molecule has 5 heteroatoms. The first-order chi connectivity index (χ1) is 8.75. The van der Waals surface area contributed by atoms with Crippen molar-refractivity contribution >= 4 is 12.1 Å². The van der Waals surface area contributed by atoms with Crippen LogP contribution in [-0.4, -0.2) is 42.3 Å². The van der Waals surface area contributed by atoms with Gasteiger partial charge in [-0.2, -0.15) is 0 Å². The van der Waals surface area contributed by atoms with Crippen LogP contribution in [-0.2, 0) is 14.3 Å². The van der Waals surface area contributed by atoms with Gasteiger partial charge in [0, 0.05) is 12.6 Å². The number of carbonyl (C=O) groups excluding carboxylic acids is 2. The lowest BCUT2D eigenvalue weighted by molar-refractivity contribution is -0.141. The minimum Gasteiger partial charge on any atom is -0.469 e. The Balaban J connectivity index is 4.83. The van der Waals surface area contributed by atoms with Gasteiger partial charge in [-0.1, -0.05) is 13.8 Å². The summed E-state index contributed by atoms with van der Waals surface area (Å²) in [6.07, 6.45) is 1.34. The molecule has 0 unspecified atom stereocenters. The van der Waals surface area contributed by atoms with Gasteiger partial charge >= 0.3 is 12.1 Å². The zero-order valence-electron chi connectivity index (χ0n) is 13.0. The summed E-state index contributed by atoms with van der Waals surface area (Å²) in [5.74, 6) is -0.309. The van der Waals surface area contributed by atoms with Crippen LogP contribution in [0.1, 0.15) is 53.9 Å². The van der Waals surface area contributed by atoms with Crippen molar-refractivity contribution in [2.75, 3.05) is 13.7 Å². The van der Waals surface area contributed by atoms with Gasteiger partial charge < -0.3 is 14.4 Å². The van der Waals surface area contributed by atoms with Crippen molar-refractivity contribution in [2.24, 2.45) is 0 Å². The Morgan fingerprint density at radius 2 is 1.79 bits per heavy atom. The van der Waals surface area contributed by atoms with Gasteiger partial charge in [0.2, 0.25) is 0 Å². The molecule has 0 aliphatic heterocycles. The maximum absolute atomic E-state index is 12.2. The molecule has 0 aliphatic rings. The summed E-state index contributed by atoms with van der Waals surface area (Å²) < 4.78 is 10.1. The Labute approximate surface area is 116 Å². The summed E-state index contributed by atoms with van der Waals surface area (Å²) in [6, 6.07) is -0.178. The summed E-state index contributed by atoms with van der Waals surface area (Å²) in [5, 5.41) is 0. The average molecular weight is 273 g/mol. The molecule has 0 aromatic carbocycles. The van der Waals surface area contributed by atoms with E-state index in [-0.39, 0.29) is 24.5 Å². The standard InChI is InChI=1S/C14H27NO4/c1-7-9-15(13(17)19-14(3,4)5)11(8-2)10-12(16)18-6/h11H,7-10H2,1-6H3/t11-/m0/s1. The van der Waals surface area contributed by atoms with Gasteiger partial charge in [-0.15, -0.1) is 0 Å². The third-order valence-electron chi connectivity index (χ3n) is 2.63. The third kappa shape index (κ3) is 7.03. The number of hydrogen-bond donors (Lipinski definition) is 0. The first-order valence-electron chi connectivity index (χ1n) is 6.81. The quantitative estimate of drug-likeness (QED) is 0.698. The highest BCUT2D eigenvalue weighted by molar-refractivity contribution is 5.73. The fourth-order valence-electron chi connectivity index (χ4n) is 1.74. The van der Waals surface area contributed by atoms with Crippen LogP contribution in [0.3, 0.4) is 0 Å². The summed E-state index contributed by atoms with van der Waals surface area (Å²) in [6.45, 7) is 10.00. The van der Waals surface area contributed by atoms with E-state index in [9.17, 15) is 9.59 Å². The molecule has 1 amide bonds. The maximum atomic E-state index is 12.2. The molecule has 0 fully saturated rings. The minimum atomic E-state index is -0.535. The SMILES string of the molecule is CCCN(C(=O)OC(C)(C)C)[C@@H](CC)CC(=O)OC. The fourth-order valence-corrected chi connectivity index (χ4v) is 1.74. The van der Waals surface area contributed by atoms with Crippen LogP contribution >= 0.6 is 0 Å². The van der Waals surface area contributed by atoms with Crippen LogP contribution < -0.4 is 0 Å². The number of methoxy groups -OCH3 is 1. The van der Waals surface area contributed by atoms with Crippen LogP contribution in [0, 0.1) is 0 Å². The molecule has 19 heavy (non-hydrogen) atoms. The van der Waals surface area contributed by atoms with Crippen LogP contribution in [0.15, 0.2) is 0 Å². The number of hydrogen-bond acceptors (Lipinski definition) is 4. The summed E-state index contributed by atoms with van der Waals surface area (Å²) in [7, 11) is 1.35. The number of rotatable bonds is 6. The highest BCUT2D eigenvalue weighted by Crippen LogP contribution is 2.16. The van der Waals surface area contributed by atoms with Gasteiger partial charge in [0.25, 0.3) is 0 Å². The third-order valence-corrected chi connectivity index (χ3v) is 2.63. The number of carbonyl (C=O) groups is 2. The normalized spacial score (nSPS) is 12.7. The van der Waals surface area contributed by atoms with E-state index in [2.05, 4.69) is 4.74 Å². The van der Waals surface area contributed by atoms with E-state index >= 15 is 0 Å². The average Bonchev–Trinajstić information content (AvgIpc) is 2.30. The topological polar surface area (TPSA) is 55.8 Å². The number of nitrogens with zero attached hydrogens (tertiary/aromatic N) is 1. The molecule has 0 bridgehead atoms. The first-order valence-corrected chi connectivity index (χ1v) is 6.81. The lowest BCUT2D eigenvalue weighted by atomic mass is 10.1. The van der Waals surface area contributed by atoms with Crippen LogP contribution in [0.25, 0.3) is 0 Å². The Bertz CT molecular complexity index is 296. The maximum Gasteiger partial charge on any atom is 0.410 e. The van der Waals surface area contributed by atoms with Gasteiger partial charge in [-0.25, -0.2) is 4.79 Å². The van der Waals surface area contributed by atoms with Crippen molar-refractivity contribution in [3.8, 4) is 0 Å². The highest BCUT2D eigenvalue weighted by atomic mass is 16.6. The van der Waals surface area contributed by atoms with Gasteiger partial charge in [-0.3, -0.25) is 4.79 Å². The summed E-state index contributed by atoms with van der Waals surface area (Å²) in [4.78, 5) is 25.2. The van der Waals surface area contributed by atoms with E-state index < -0.39 is 5.60 Å². The Morgan fingerprint density at radius 1 is 1.21 bits per heavy atom. The number of ether oxygens (including phenoxy) is 2. The summed E-state index contributed by atoms with van der Waals surface area (Å²) >= 11 is 0. The van der Waals surface area contributed by atoms with Gasteiger partial charge in [0.1, 0.15) is 5.60 Å². The second-order valence-electron chi connectivity index (χ2n) is 5.52. The molecule has 0 saturated heterocycles. The fraction of sp³-hybridized carbons (Fsp3) is 0.857. The molecule has 0 aromatic heterocycles. The van der Waals surface area contributed by atoms with E-state index in [1.54, 1.807) is 4.90 Å². The monoisotopic (exact) mass is 273 g/mol. The van der Waals surface area contributed by atoms with Crippen LogP contribution in [0.4, 0.5) is 4.79 Å². The molecule has 0 rings (SSSR count). The zero-order chi connectivity index (χ0) is 15.1. The lowest BCUT2D eigenvalue weighted by Crippen LogP contribution is -2.44. The van der Waals surface area contributed by atoms with Gasteiger partial charge in [0.05, 0.1) is 13.5 Å². The largest absolute Gasteiger partial charge is 0.469 e. The van der Waals surface area contributed by atoms with Crippen LogP contribution in [0.5, 0.6) is 0 Å². The molecular formula is C14H27NO4. The van der Waals surface area contributed by atoms with E-state index in [4.69, 9.17) is 4.74 Å². The Morgan fingerprint density at radius 3 is 2.16 bits per heavy atom. The minimum absolute atomic E-state index is 0.178. The molecule has 0 heterocycles. The van der Waals surface area contributed by atoms with Crippen molar-refractivity contribution in [1.82, 2.24) is 4.90 Å². The predicted molar refractivity (Wildman–Crippen MR) is 73.9 cm³/mol. The van der Waals surface area contributed by atoms with E-state index in [1.807, 2.05) is 34.6 Å². The van der Waals surface area contributed by atoms with Crippen molar-refractivity contribution in [2.45, 2.75) is 65.5 Å². The van der Waals surface area contributed by atoms with Gasteiger partial charge in [0.15, 0.2) is 0 Å². The van der Waals surface area contributed by atoms with Crippen LogP contribution in [0.2, 0.25) is 0 Å². The van der Waals surface area contributed by atoms with Gasteiger partial charge in [-0.05, 0) is 33.6 Å². The molecule has 0 N–H and O–H groups in total. The van der Waals surface area contributed by atoms with E-state index in [0.717, 1.165) is 6.42 Å². The Hall–Kier alpha value is -1.26. The molecule has 5 nitrogen and oxygen atoms in total. The van der Waals surface area contributed by atoms with Crippen molar-refractivity contribution in [3.05, 3.63) is 0 Å². The van der Waals surface area contributed by atoms with Crippen molar-refractivity contribution < 1.29 is 19.1 Å². The zero-order valence-corrected chi connectivity index (χ0v) is 13.0. The smallest absolute Gasteiger partial charge is 0.410 e. The molecule has 0 saturated carbocycles. The molecule has 0 radical (unpaired) electrons. The van der Waals surface area contributed by atoms with Crippen molar-refractivity contribution in [1.29, 1.82) is 0 Å². The second kappa shape index (κ2) is 8.02. The highest BCUT2D eigenvalue weighted by Gasteiger charge is 2.28. The molecular weight excluding hydrogens is 246 g/mol. The predicted octanol–water partition coefficient (Wildman–Crippen LogP) is 2.98. The summed E-state index contributed by atoms with van der Waals surface area (Å²) in [5.41, 5.74) is -0.535. The lowest BCUT2D eigenvalue weighted by Gasteiger charge is -2.32. The Kier molecular flexibility index (Phi) is 7.49. The molecule has 112 valence electrons. The molecule has 0 spiro atoms. The molecule has 0 aliphatic carbocycles. The van der Waals surface area contributed by atoms with E-state index in [0.29, 0.717) is 13.0 Å².